The van der Waals surface area contributed by atoms with Crippen molar-refractivity contribution in [3.63, 3.8) is 0 Å². The van der Waals surface area contributed by atoms with Crippen LogP contribution in [-0.4, -0.2) is 47.7 Å². The smallest absolute Gasteiger partial charge is 0.311 e. The minimum Gasteiger partial charge on any atom is -0.481 e. The third kappa shape index (κ3) is 2.85. The summed E-state index contributed by atoms with van der Waals surface area (Å²) in [6.45, 7) is 5.30. The van der Waals surface area contributed by atoms with Crippen LogP contribution in [-0.2, 0) is 16.0 Å². The first kappa shape index (κ1) is 14.6. The van der Waals surface area contributed by atoms with Crippen molar-refractivity contribution >= 4 is 11.9 Å². The summed E-state index contributed by atoms with van der Waals surface area (Å²) in [6.07, 6.45) is 1.96. The molecule has 2 rings (SSSR count). The van der Waals surface area contributed by atoms with Crippen molar-refractivity contribution in [1.29, 1.82) is 0 Å². The van der Waals surface area contributed by atoms with Crippen LogP contribution in [0, 0.1) is 6.92 Å². The topological polar surface area (TPSA) is 80.0 Å². The molecule has 1 aliphatic heterocycles. The highest BCUT2D eigenvalue weighted by Crippen LogP contribution is 2.22. The van der Waals surface area contributed by atoms with Gasteiger partial charge in [0, 0.05) is 12.1 Å². The fraction of sp³-hybridized carbons (Fsp3) is 0.571. The molecule has 1 saturated heterocycles. The van der Waals surface area contributed by atoms with Crippen LogP contribution >= 0.6 is 0 Å². The Balaban J connectivity index is 2.27. The minimum atomic E-state index is -1.01. The van der Waals surface area contributed by atoms with Crippen molar-refractivity contribution < 1.29 is 23.8 Å². The molecule has 0 aliphatic carbocycles. The maximum Gasteiger partial charge on any atom is 0.311 e. The first-order valence-electron chi connectivity index (χ1n) is 6.72. The maximum absolute atomic E-state index is 12.7. The lowest BCUT2D eigenvalue weighted by molar-refractivity contribution is -0.136. The van der Waals surface area contributed by atoms with Gasteiger partial charge in [-0.2, -0.15) is 0 Å². The number of nitrogens with zero attached hydrogens (tertiary/aromatic N) is 1. The van der Waals surface area contributed by atoms with Gasteiger partial charge in [-0.15, -0.1) is 0 Å². The van der Waals surface area contributed by atoms with E-state index in [0.29, 0.717) is 30.9 Å². The van der Waals surface area contributed by atoms with E-state index >= 15 is 0 Å². The molecule has 1 aromatic heterocycles. The van der Waals surface area contributed by atoms with Crippen LogP contribution in [0.5, 0.6) is 0 Å². The monoisotopic (exact) mass is 281 g/mol. The van der Waals surface area contributed by atoms with Gasteiger partial charge in [-0.05, 0) is 13.3 Å². The molecule has 1 aromatic rings. The predicted octanol–water partition coefficient (Wildman–Crippen LogP) is 1.47. The van der Waals surface area contributed by atoms with E-state index in [-0.39, 0.29) is 24.1 Å². The summed E-state index contributed by atoms with van der Waals surface area (Å²) in [5.74, 6) is -0.952. The zero-order chi connectivity index (χ0) is 14.7. The number of carbonyl (C=O) groups excluding carboxylic acids is 1. The van der Waals surface area contributed by atoms with Crippen LogP contribution < -0.4 is 0 Å². The van der Waals surface area contributed by atoms with Crippen LogP contribution in [0.4, 0.5) is 0 Å². The summed E-state index contributed by atoms with van der Waals surface area (Å²) in [7, 11) is 0. The average molecular weight is 281 g/mol. The molecule has 1 amide bonds. The van der Waals surface area contributed by atoms with Crippen molar-refractivity contribution in [2.75, 3.05) is 19.8 Å². The second-order valence-corrected chi connectivity index (χ2v) is 4.92. The number of carbonyl (C=O) groups is 2. The number of furan rings is 1. The number of carboxylic acids is 1. The van der Waals surface area contributed by atoms with Gasteiger partial charge in [0.05, 0.1) is 31.1 Å². The molecule has 1 N–H and O–H groups in total. The Bertz CT molecular complexity index is 508. The van der Waals surface area contributed by atoms with E-state index in [1.54, 1.807) is 11.8 Å². The summed E-state index contributed by atoms with van der Waals surface area (Å²) in [6, 6.07) is 0.0308. The van der Waals surface area contributed by atoms with Crippen LogP contribution in [0.2, 0.25) is 0 Å². The van der Waals surface area contributed by atoms with Crippen LogP contribution in [0.25, 0.3) is 0 Å². The molecule has 6 nitrogen and oxygen atoms in total. The van der Waals surface area contributed by atoms with E-state index in [1.165, 1.54) is 6.26 Å². The molecule has 1 unspecified atom stereocenters. The number of aliphatic carboxylic acids is 1. The molecule has 1 atom stereocenters. The van der Waals surface area contributed by atoms with Crippen molar-refractivity contribution in [3.05, 3.63) is 23.2 Å². The number of aryl methyl sites for hydroxylation is 1. The molecule has 1 aliphatic rings. The molecule has 1 fully saturated rings. The molecule has 110 valence electrons. The molecule has 20 heavy (non-hydrogen) atoms. The van der Waals surface area contributed by atoms with Crippen LogP contribution in [0.1, 0.15) is 35.0 Å². The molecular formula is C14H19NO5. The fourth-order valence-corrected chi connectivity index (χ4v) is 2.46. The maximum atomic E-state index is 12.7. The first-order valence-corrected chi connectivity index (χ1v) is 6.72. The highest BCUT2D eigenvalue weighted by Gasteiger charge is 2.30. The lowest BCUT2D eigenvalue weighted by Crippen LogP contribution is -2.48. The Kier molecular flexibility index (Phi) is 4.44. The predicted molar refractivity (Wildman–Crippen MR) is 70.7 cm³/mol. The van der Waals surface area contributed by atoms with Gasteiger partial charge < -0.3 is 19.2 Å². The highest BCUT2D eigenvalue weighted by molar-refractivity contribution is 5.97. The van der Waals surface area contributed by atoms with E-state index in [4.69, 9.17) is 14.3 Å². The third-order valence-corrected chi connectivity index (χ3v) is 3.54. The van der Waals surface area contributed by atoms with Gasteiger partial charge in [0.1, 0.15) is 12.2 Å². The summed E-state index contributed by atoms with van der Waals surface area (Å²) in [5.41, 5.74) is 1.06. The molecule has 0 aromatic carbocycles. The Morgan fingerprint density at radius 3 is 2.90 bits per heavy atom. The standard InChI is InChI=1S/C14H19NO5/c1-3-10-8-19-5-4-15(10)14(18)13-9(2)7-20-11(13)6-12(16)17/h7,10H,3-6,8H2,1-2H3,(H,16,17). The number of ether oxygens (including phenoxy) is 1. The Labute approximate surface area is 117 Å². The third-order valence-electron chi connectivity index (χ3n) is 3.54. The van der Waals surface area contributed by atoms with Crippen molar-refractivity contribution in [2.24, 2.45) is 0 Å². The second kappa shape index (κ2) is 6.09. The van der Waals surface area contributed by atoms with Crippen LogP contribution in [0.15, 0.2) is 10.7 Å². The van der Waals surface area contributed by atoms with Gasteiger partial charge in [-0.25, -0.2) is 0 Å². The van der Waals surface area contributed by atoms with E-state index in [2.05, 4.69) is 0 Å². The molecular weight excluding hydrogens is 262 g/mol. The van der Waals surface area contributed by atoms with Gasteiger partial charge in [0.2, 0.25) is 0 Å². The highest BCUT2D eigenvalue weighted by atomic mass is 16.5. The molecule has 0 bridgehead atoms. The first-order chi connectivity index (χ1) is 9.54. The van der Waals surface area contributed by atoms with E-state index in [0.717, 1.165) is 6.42 Å². The summed E-state index contributed by atoms with van der Waals surface area (Å²) in [4.78, 5) is 25.3. The van der Waals surface area contributed by atoms with Crippen molar-refractivity contribution in [2.45, 2.75) is 32.7 Å². The SMILES string of the molecule is CCC1COCCN1C(=O)c1c(C)coc1CC(=O)O. The Hall–Kier alpha value is -1.82. The Morgan fingerprint density at radius 2 is 2.25 bits per heavy atom. The van der Waals surface area contributed by atoms with Gasteiger partial charge in [0.25, 0.3) is 5.91 Å². The summed E-state index contributed by atoms with van der Waals surface area (Å²) in [5, 5.41) is 8.89. The molecule has 6 heteroatoms. The van der Waals surface area contributed by atoms with E-state index in [9.17, 15) is 9.59 Å². The van der Waals surface area contributed by atoms with Gasteiger partial charge in [0.15, 0.2) is 0 Å². The normalized spacial score (nSPS) is 19.1. The van der Waals surface area contributed by atoms with Gasteiger partial charge >= 0.3 is 5.97 Å². The summed E-state index contributed by atoms with van der Waals surface area (Å²) < 4.78 is 10.6. The molecule has 0 spiro atoms. The quantitative estimate of drug-likeness (QED) is 0.904. The second-order valence-electron chi connectivity index (χ2n) is 4.92. The number of hydrogen-bond acceptors (Lipinski definition) is 4. The number of hydrogen-bond donors (Lipinski definition) is 1. The van der Waals surface area contributed by atoms with Gasteiger partial charge in [-0.3, -0.25) is 9.59 Å². The number of carboxylic acid groups (broad SMARTS) is 1. The lowest BCUT2D eigenvalue weighted by Gasteiger charge is -2.35. The molecule has 2 heterocycles. The van der Waals surface area contributed by atoms with E-state index in [1.807, 2.05) is 6.92 Å². The minimum absolute atomic E-state index is 0.0308. The van der Waals surface area contributed by atoms with Crippen molar-refractivity contribution in [1.82, 2.24) is 4.90 Å². The largest absolute Gasteiger partial charge is 0.481 e. The zero-order valence-corrected chi connectivity index (χ0v) is 11.7. The average Bonchev–Trinajstić information content (AvgIpc) is 2.78. The fourth-order valence-electron chi connectivity index (χ4n) is 2.46. The molecule has 0 radical (unpaired) electrons. The zero-order valence-electron chi connectivity index (χ0n) is 11.7. The number of morpholine rings is 1. The summed E-state index contributed by atoms with van der Waals surface area (Å²) >= 11 is 0. The van der Waals surface area contributed by atoms with E-state index < -0.39 is 5.97 Å². The van der Waals surface area contributed by atoms with Gasteiger partial charge in [-0.1, -0.05) is 6.92 Å². The van der Waals surface area contributed by atoms with Crippen LogP contribution in [0.3, 0.4) is 0 Å². The number of amides is 1. The van der Waals surface area contributed by atoms with Crippen molar-refractivity contribution in [3.8, 4) is 0 Å². The number of rotatable bonds is 4. The lowest BCUT2D eigenvalue weighted by atomic mass is 10.1. The molecule has 0 saturated carbocycles. The Morgan fingerprint density at radius 1 is 1.50 bits per heavy atom.